The van der Waals surface area contributed by atoms with Gasteiger partial charge < -0.3 is 26.4 Å². The van der Waals surface area contributed by atoms with Gasteiger partial charge >= 0.3 is 7.25 Å². The van der Waals surface area contributed by atoms with Gasteiger partial charge in [-0.25, -0.2) is 4.99 Å². The van der Waals surface area contributed by atoms with Crippen molar-refractivity contribution in [3.63, 3.8) is 0 Å². The molecule has 1 unspecified atom stereocenters. The van der Waals surface area contributed by atoms with E-state index in [1.54, 1.807) is 0 Å². The van der Waals surface area contributed by atoms with Crippen LogP contribution in [-0.4, -0.2) is 26.5 Å². The van der Waals surface area contributed by atoms with Crippen LogP contribution in [-0.2, 0) is 4.74 Å². The van der Waals surface area contributed by atoms with Crippen LogP contribution in [0.3, 0.4) is 0 Å². The average Bonchev–Trinajstić information content (AvgIpc) is 3.19. The minimum absolute atomic E-state index is 0.308. The number of hydrogen-bond donors (Lipinski definition) is 1. The third kappa shape index (κ3) is 6.46. The van der Waals surface area contributed by atoms with Crippen LogP contribution in [0, 0.1) is 6.92 Å². The first kappa shape index (κ1) is 21.1. The Kier molecular flexibility index (Phi) is 6.74. The minimum atomic E-state index is -6.00. The lowest BCUT2D eigenvalue weighted by molar-refractivity contribution is -0.509. The van der Waals surface area contributed by atoms with E-state index in [2.05, 4.69) is 42.2 Å². The number of fused-ring (bicyclic) bond motifs is 1. The summed E-state index contributed by atoms with van der Waals surface area (Å²) in [4.78, 5) is 3.58. The van der Waals surface area contributed by atoms with Gasteiger partial charge in [0, 0.05) is 12.2 Å². The van der Waals surface area contributed by atoms with Crippen molar-refractivity contribution in [1.29, 1.82) is 0 Å². The van der Waals surface area contributed by atoms with Crippen molar-refractivity contribution in [3.8, 4) is 11.3 Å². The second-order valence-electron chi connectivity index (χ2n) is 6.90. The van der Waals surface area contributed by atoms with Gasteiger partial charge in [0.2, 0.25) is 5.36 Å². The fourth-order valence-electron chi connectivity index (χ4n) is 3.22. The standard InChI is InChI=1S/C21H21NO2.BF4/c1-15-9-10-20-18(12-15)19(22-14-17-8-5-11-23-17)13-21(24-20)16-6-3-2-4-7-16;2-1(3,4)5/h2-4,6-7,9-10,12-13,17H,5,8,11,14H2,1H3;/q;-1/p+1. The van der Waals surface area contributed by atoms with Crippen molar-refractivity contribution in [2.45, 2.75) is 25.9 Å². The summed E-state index contributed by atoms with van der Waals surface area (Å²) in [5.74, 6) is 0.877. The van der Waals surface area contributed by atoms with Crippen LogP contribution in [0.5, 0.6) is 0 Å². The molecule has 2 heterocycles. The lowest BCUT2D eigenvalue weighted by Gasteiger charge is -2.05. The number of ether oxygens (including phenoxy) is 1. The number of halogens is 4. The molecule has 0 bridgehead atoms. The highest BCUT2D eigenvalue weighted by Gasteiger charge is 2.20. The van der Waals surface area contributed by atoms with Gasteiger partial charge in [-0.1, -0.05) is 42.0 Å². The Morgan fingerprint density at radius 1 is 1.03 bits per heavy atom. The van der Waals surface area contributed by atoms with Gasteiger partial charge in [-0.15, -0.1) is 0 Å². The van der Waals surface area contributed by atoms with Gasteiger partial charge in [0.15, 0.2) is 6.54 Å². The number of nitrogens with one attached hydrogen (secondary N) is 1. The highest BCUT2D eigenvalue weighted by atomic mass is 19.5. The van der Waals surface area contributed by atoms with E-state index in [1.165, 1.54) is 5.56 Å². The number of hydrogen-bond acceptors (Lipinski definition) is 2. The largest absolute Gasteiger partial charge is 0.673 e. The summed E-state index contributed by atoms with van der Waals surface area (Å²) in [6, 6.07) is 18.6. The van der Waals surface area contributed by atoms with Crippen LogP contribution in [0.25, 0.3) is 22.3 Å². The quantitative estimate of drug-likeness (QED) is 0.529. The van der Waals surface area contributed by atoms with Crippen LogP contribution < -0.4 is 10.3 Å². The van der Waals surface area contributed by atoms with Crippen LogP contribution >= 0.6 is 0 Å². The molecule has 1 N–H and O–H groups in total. The van der Waals surface area contributed by atoms with Crippen molar-refractivity contribution in [2.24, 2.45) is 0 Å². The van der Waals surface area contributed by atoms with Gasteiger partial charge in [0.25, 0.3) is 0 Å². The smallest absolute Gasteiger partial charge is 0.456 e. The van der Waals surface area contributed by atoms with E-state index in [4.69, 9.17) is 9.15 Å². The molecule has 3 aromatic rings. The average molecular weight is 407 g/mol. The van der Waals surface area contributed by atoms with Crippen LogP contribution in [0.1, 0.15) is 18.4 Å². The Labute approximate surface area is 166 Å². The molecule has 0 radical (unpaired) electrons. The predicted octanol–water partition coefficient (Wildman–Crippen LogP) is 3.87. The van der Waals surface area contributed by atoms with E-state index in [0.717, 1.165) is 53.6 Å². The second kappa shape index (κ2) is 9.26. The Morgan fingerprint density at radius 3 is 2.41 bits per heavy atom. The summed E-state index contributed by atoms with van der Waals surface area (Å²) in [7, 11) is -6.00. The van der Waals surface area contributed by atoms with E-state index < -0.39 is 7.25 Å². The molecule has 1 atom stereocenters. The zero-order valence-corrected chi connectivity index (χ0v) is 16.0. The lowest BCUT2D eigenvalue weighted by Crippen LogP contribution is -2.79. The van der Waals surface area contributed by atoms with E-state index in [9.17, 15) is 17.3 Å². The van der Waals surface area contributed by atoms with Crippen molar-refractivity contribution >= 4 is 18.2 Å². The molecule has 1 aliphatic heterocycles. The molecule has 0 spiro atoms. The first-order valence-electron chi connectivity index (χ1n) is 9.45. The van der Waals surface area contributed by atoms with Crippen molar-refractivity contribution in [3.05, 3.63) is 65.5 Å². The van der Waals surface area contributed by atoms with E-state index in [1.807, 2.05) is 24.3 Å². The highest BCUT2D eigenvalue weighted by molar-refractivity contribution is 6.50. The van der Waals surface area contributed by atoms with Gasteiger partial charge in [-0.3, -0.25) is 0 Å². The van der Waals surface area contributed by atoms with Crippen molar-refractivity contribution in [2.75, 3.05) is 13.2 Å². The molecule has 154 valence electrons. The summed E-state index contributed by atoms with van der Waals surface area (Å²) < 4.78 is 50.9. The van der Waals surface area contributed by atoms with Gasteiger partial charge in [-0.05, 0) is 31.9 Å². The molecular formula is C21H22BF4NO2. The first-order valence-corrected chi connectivity index (χ1v) is 9.45. The Morgan fingerprint density at radius 2 is 1.76 bits per heavy atom. The minimum Gasteiger partial charge on any atom is -0.456 e. The molecule has 0 amide bonds. The first-order chi connectivity index (χ1) is 13.8. The molecule has 1 fully saturated rings. The molecule has 0 saturated carbocycles. The molecule has 8 heteroatoms. The fourth-order valence-corrected chi connectivity index (χ4v) is 3.22. The maximum atomic E-state index is 9.75. The molecule has 1 saturated heterocycles. The Hall–Kier alpha value is -2.61. The molecule has 1 aromatic heterocycles. The van der Waals surface area contributed by atoms with Gasteiger partial charge in [0.05, 0.1) is 11.5 Å². The highest BCUT2D eigenvalue weighted by Crippen LogP contribution is 2.22. The maximum Gasteiger partial charge on any atom is 0.673 e. The zero-order chi connectivity index (χ0) is 20.9. The maximum absolute atomic E-state index is 9.75. The fraction of sp³-hybridized carbons (Fsp3) is 0.286. The number of aryl methyl sites for hydroxylation is 1. The number of benzene rings is 2. The Balaban J connectivity index is 0.000000431. The van der Waals surface area contributed by atoms with Gasteiger partial charge in [0.1, 0.15) is 17.4 Å². The summed E-state index contributed by atoms with van der Waals surface area (Å²) >= 11 is 0. The summed E-state index contributed by atoms with van der Waals surface area (Å²) in [5.41, 5.74) is 3.21. The van der Waals surface area contributed by atoms with Crippen molar-refractivity contribution < 1.29 is 31.4 Å². The molecular weight excluding hydrogens is 385 g/mol. The third-order valence-electron chi connectivity index (χ3n) is 4.52. The summed E-state index contributed by atoms with van der Waals surface area (Å²) in [6.07, 6.45) is 2.60. The molecule has 1 aliphatic rings. The van der Waals surface area contributed by atoms with E-state index in [0.29, 0.717) is 6.10 Å². The summed E-state index contributed by atoms with van der Waals surface area (Å²) in [6.45, 7) is 3.82. The van der Waals surface area contributed by atoms with Crippen molar-refractivity contribution in [1.82, 2.24) is 0 Å². The molecule has 3 nitrogen and oxygen atoms in total. The SMILES string of the molecule is Cc1ccc2oc(-c3ccccc3)cc(=[NH+]CC3CCCO3)c2c1.F[B-](F)(F)F. The molecule has 2 aromatic carbocycles. The van der Waals surface area contributed by atoms with E-state index >= 15 is 0 Å². The van der Waals surface area contributed by atoms with Crippen LogP contribution in [0.4, 0.5) is 17.3 Å². The number of rotatable bonds is 3. The predicted molar refractivity (Wildman–Crippen MR) is 105 cm³/mol. The third-order valence-corrected chi connectivity index (χ3v) is 4.52. The monoisotopic (exact) mass is 407 g/mol. The second-order valence-corrected chi connectivity index (χ2v) is 6.90. The topological polar surface area (TPSA) is 36.3 Å². The molecule has 0 aliphatic carbocycles. The van der Waals surface area contributed by atoms with Crippen LogP contribution in [0.15, 0.2) is 59.0 Å². The molecule has 4 rings (SSSR count). The lowest BCUT2D eigenvalue weighted by atomic mass is 10.1. The van der Waals surface area contributed by atoms with Crippen LogP contribution in [0.2, 0.25) is 0 Å². The summed E-state index contributed by atoms with van der Waals surface area (Å²) in [5, 5.41) is 2.22. The zero-order valence-electron chi connectivity index (χ0n) is 16.0. The van der Waals surface area contributed by atoms with E-state index in [-0.39, 0.29) is 0 Å². The van der Waals surface area contributed by atoms with Gasteiger partial charge in [-0.2, -0.15) is 0 Å². The molecule has 29 heavy (non-hydrogen) atoms. The normalized spacial score (nSPS) is 17.3. The Bertz CT molecular complexity index is 1010.